The van der Waals surface area contributed by atoms with Gasteiger partial charge in [0.15, 0.2) is 9.84 Å². The van der Waals surface area contributed by atoms with Crippen LogP contribution in [0.3, 0.4) is 0 Å². The average molecular weight is 283 g/mol. The van der Waals surface area contributed by atoms with E-state index >= 15 is 0 Å². The van der Waals surface area contributed by atoms with E-state index in [-0.39, 0.29) is 0 Å². The van der Waals surface area contributed by atoms with E-state index in [1.807, 2.05) is 18.2 Å². The fourth-order valence-corrected chi connectivity index (χ4v) is 3.48. The van der Waals surface area contributed by atoms with Gasteiger partial charge in [0, 0.05) is 32.4 Å². The molecule has 0 atom stereocenters. The van der Waals surface area contributed by atoms with Gasteiger partial charge < -0.3 is 10.2 Å². The first kappa shape index (κ1) is 14.4. The van der Waals surface area contributed by atoms with E-state index < -0.39 is 9.84 Å². The van der Waals surface area contributed by atoms with Crippen LogP contribution in [0.25, 0.3) is 0 Å². The van der Waals surface area contributed by atoms with Gasteiger partial charge in [0.1, 0.15) is 0 Å². The van der Waals surface area contributed by atoms with Crippen molar-refractivity contribution in [3.8, 4) is 0 Å². The van der Waals surface area contributed by atoms with Crippen LogP contribution in [0.15, 0.2) is 24.4 Å². The van der Waals surface area contributed by atoms with Gasteiger partial charge in [-0.05, 0) is 25.1 Å². The molecule has 0 spiro atoms. The van der Waals surface area contributed by atoms with Crippen LogP contribution in [0, 0.1) is 0 Å². The molecule has 1 aliphatic rings. The first-order chi connectivity index (χ1) is 9.16. The predicted octanol–water partition coefficient (Wildman–Crippen LogP) is 0.292. The number of nitrogens with zero attached hydrogens (tertiary/aromatic N) is 2. The van der Waals surface area contributed by atoms with Crippen LogP contribution in [-0.4, -0.2) is 56.0 Å². The summed E-state index contributed by atoms with van der Waals surface area (Å²) in [7, 11) is -2.80. The van der Waals surface area contributed by atoms with Gasteiger partial charge in [0.05, 0.1) is 17.2 Å². The number of aromatic nitrogens is 1. The highest BCUT2D eigenvalue weighted by atomic mass is 32.2. The number of nitrogens with one attached hydrogen (secondary N) is 1. The van der Waals surface area contributed by atoms with Crippen molar-refractivity contribution in [3.05, 3.63) is 30.1 Å². The topological polar surface area (TPSA) is 62.3 Å². The molecule has 0 unspecified atom stereocenters. The molecule has 5 nitrogen and oxygen atoms in total. The van der Waals surface area contributed by atoms with Gasteiger partial charge in [0.2, 0.25) is 0 Å². The second kappa shape index (κ2) is 6.98. The Morgan fingerprint density at radius 1 is 1.26 bits per heavy atom. The minimum absolute atomic E-state index is 0.299. The molecule has 0 aliphatic carbocycles. The SMILES string of the molecule is O=S1(=O)CCCN(CCNCc2ccccn2)CC1. The third-order valence-corrected chi connectivity index (χ3v) is 5.00. The van der Waals surface area contributed by atoms with Crippen molar-refractivity contribution < 1.29 is 8.42 Å². The molecule has 0 amide bonds. The normalized spacial score (nSPS) is 20.0. The summed E-state index contributed by atoms with van der Waals surface area (Å²) in [5, 5.41) is 3.34. The van der Waals surface area contributed by atoms with E-state index in [1.54, 1.807) is 6.20 Å². The van der Waals surface area contributed by atoms with Crippen LogP contribution in [0.2, 0.25) is 0 Å². The van der Waals surface area contributed by atoms with Crippen LogP contribution in [-0.2, 0) is 16.4 Å². The molecule has 1 aromatic rings. The Bertz CT molecular complexity index is 476. The van der Waals surface area contributed by atoms with Gasteiger partial charge in [-0.15, -0.1) is 0 Å². The van der Waals surface area contributed by atoms with Gasteiger partial charge in [-0.25, -0.2) is 8.42 Å². The maximum absolute atomic E-state index is 11.5. The van der Waals surface area contributed by atoms with Crippen molar-refractivity contribution >= 4 is 9.84 Å². The van der Waals surface area contributed by atoms with Crippen LogP contribution < -0.4 is 5.32 Å². The first-order valence-electron chi connectivity index (χ1n) is 6.69. The number of pyridine rings is 1. The Hall–Kier alpha value is -0.980. The number of hydrogen-bond donors (Lipinski definition) is 1. The lowest BCUT2D eigenvalue weighted by Gasteiger charge is -2.19. The van der Waals surface area contributed by atoms with Crippen molar-refractivity contribution in [2.24, 2.45) is 0 Å². The molecular formula is C13H21N3O2S. The van der Waals surface area contributed by atoms with Gasteiger partial charge in [-0.3, -0.25) is 4.98 Å². The number of sulfone groups is 1. The van der Waals surface area contributed by atoms with Crippen molar-refractivity contribution in [2.75, 3.05) is 37.7 Å². The highest BCUT2D eigenvalue weighted by Gasteiger charge is 2.18. The molecule has 19 heavy (non-hydrogen) atoms. The summed E-state index contributed by atoms with van der Waals surface area (Å²) in [5.74, 6) is 0.637. The smallest absolute Gasteiger partial charge is 0.151 e. The molecule has 0 aromatic carbocycles. The Labute approximate surface area is 114 Å². The van der Waals surface area contributed by atoms with Crippen molar-refractivity contribution in [2.45, 2.75) is 13.0 Å². The highest BCUT2D eigenvalue weighted by Crippen LogP contribution is 2.04. The maximum atomic E-state index is 11.5. The summed E-state index contributed by atoms with van der Waals surface area (Å²) in [4.78, 5) is 6.46. The predicted molar refractivity (Wildman–Crippen MR) is 75.7 cm³/mol. The van der Waals surface area contributed by atoms with Crippen molar-refractivity contribution in [1.29, 1.82) is 0 Å². The molecule has 106 valence electrons. The summed E-state index contributed by atoms with van der Waals surface area (Å²) < 4.78 is 23.0. The maximum Gasteiger partial charge on any atom is 0.151 e. The van der Waals surface area contributed by atoms with Crippen LogP contribution >= 0.6 is 0 Å². The Kier molecular flexibility index (Phi) is 5.30. The van der Waals surface area contributed by atoms with E-state index in [9.17, 15) is 8.42 Å². The minimum Gasteiger partial charge on any atom is -0.310 e. The highest BCUT2D eigenvalue weighted by molar-refractivity contribution is 7.91. The van der Waals surface area contributed by atoms with Crippen LogP contribution in [0.4, 0.5) is 0 Å². The summed E-state index contributed by atoms with van der Waals surface area (Å²) in [6.07, 6.45) is 2.54. The molecule has 0 saturated carbocycles. The molecule has 0 radical (unpaired) electrons. The summed E-state index contributed by atoms with van der Waals surface area (Å²) >= 11 is 0. The molecule has 1 fully saturated rings. The van der Waals surface area contributed by atoms with Gasteiger partial charge >= 0.3 is 0 Å². The third-order valence-electron chi connectivity index (χ3n) is 3.29. The molecule has 1 aromatic heterocycles. The zero-order valence-corrected chi connectivity index (χ0v) is 11.9. The quantitative estimate of drug-likeness (QED) is 0.787. The second-order valence-corrected chi connectivity index (χ2v) is 7.15. The minimum atomic E-state index is -2.80. The van der Waals surface area contributed by atoms with Crippen molar-refractivity contribution in [1.82, 2.24) is 15.2 Å². The molecular weight excluding hydrogens is 262 g/mol. The van der Waals surface area contributed by atoms with Crippen LogP contribution in [0.5, 0.6) is 0 Å². The van der Waals surface area contributed by atoms with Crippen LogP contribution in [0.1, 0.15) is 12.1 Å². The zero-order valence-electron chi connectivity index (χ0n) is 11.1. The molecule has 1 N–H and O–H groups in total. The second-order valence-electron chi connectivity index (χ2n) is 4.84. The average Bonchev–Trinajstić information content (AvgIpc) is 2.57. The summed E-state index contributed by atoms with van der Waals surface area (Å²) in [5.41, 5.74) is 1.03. The van der Waals surface area contributed by atoms with Gasteiger partial charge in [0.25, 0.3) is 0 Å². The Balaban J connectivity index is 1.66. The molecule has 2 heterocycles. The standard InChI is InChI=1S/C13H21N3O2S/c17-19(18)10-3-7-16(9-11-19)8-6-14-12-13-4-1-2-5-15-13/h1-2,4-5,14H,3,6-12H2. The molecule has 1 aliphatic heterocycles. The van der Waals surface area contributed by atoms with Gasteiger partial charge in [-0.1, -0.05) is 6.07 Å². The largest absolute Gasteiger partial charge is 0.310 e. The lowest BCUT2D eigenvalue weighted by molar-refractivity contribution is 0.294. The molecule has 2 rings (SSSR count). The third kappa shape index (κ3) is 5.26. The number of rotatable bonds is 5. The fourth-order valence-electron chi connectivity index (χ4n) is 2.17. The van der Waals surface area contributed by atoms with E-state index in [2.05, 4.69) is 15.2 Å². The summed E-state index contributed by atoms with van der Waals surface area (Å²) in [6.45, 7) is 4.05. The van der Waals surface area contributed by atoms with Gasteiger partial charge in [-0.2, -0.15) is 0 Å². The lowest BCUT2D eigenvalue weighted by atomic mass is 10.3. The Morgan fingerprint density at radius 3 is 2.95 bits per heavy atom. The van der Waals surface area contributed by atoms with E-state index in [0.717, 1.165) is 38.3 Å². The van der Waals surface area contributed by atoms with Crippen molar-refractivity contribution in [3.63, 3.8) is 0 Å². The Morgan fingerprint density at radius 2 is 2.16 bits per heavy atom. The fraction of sp³-hybridized carbons (Fsp3) is 0.615. The zero-order chi connectivity index (χ0) is 13.6. The molecule has 1 saturated heterocycles. The molecule has 0 bridgehead atoms. The van der Waals surface area contributed by atoms with E-state index in [4.69, 9.17) is 0 Å². The van der Waals surface area contributed by atoms with E-state index in [0.29, 0.717) is 18.1 Å². The first-order valence-corrected chi connectivity index (χ1v) is 8.51. The summed E-state index contributed by atoms with van der Waals surface area (Å²) in [6, 6.07) is 5.87. The number of hydrogen-bond acceptors (Lipinski definition) is 5. The van der Waals surface area contributed by atoms with E-state index in [1.165, 1.54) is 0 Å². The lowest BCUT2D eigenvalue weighted by Crippen LogP contribution is -2.34. The molecule has 6 heteroatoms. The monoisotopic (exact) mass is 283 g/mol.